The number of benzene rings is 1. The van der Waals surface area contributed by atoms with Gasteiger partial charge < -0.3 is 10.4 Å². The second kappa shape index (κ2) is 7.07. The monoisotopic (exact) mass is 415 g/mol. The highest BCUT2D eigenvalue weighted by Crippen LogP contribution is 2.36. The zero-order valence-corrected chi connectivity index (χ0v) is 15.9. The first kappa shape index (κ1) is 17.6. The molecule has 0 aliphatic heterocycles. The minimum absolute atomic E-state index is 0.0491. The highest BCUT2D eigenvalue weighted by atomic mass is 35.5. The van der Waals surface area contributed by atoms with E-state index in [1.807, 2.05) is 0 Å². The quantitative estimate of drug-likeness (QED) is 0.488. The molecular formula is C18H10ClN3O3S2. The number of nitrogens with one attached hydrogen (secondary N) is 1. The molecule has 27 heavy (non-hydrogen) atoms. The fourth-order valence-corrected chi connectivity index (χ4v) is 4.49. The van der Waals surface area contributed by atoms with E-state index in [1.165, 1.54) is 11.3 Å². The van der Waals surface area contributed by atoms with Crippen LogP contribution < -0.4 is 5.32 Å². The van der Waals surface area contributed by atoms with Gasteiger partial charge in [-0.1, -0.05) is 23.7 Å². The number of aromatic nitrogens is 2. The van der Waals surface area contributed by atoms with Gasteiger partial charge in [-0.3, -0.25) is 9.78 Å². The Labute approximate surface area is 166 Å². The summed E-state index contributed by atoms with van der Waals surface area (Å²) in [4.78, 5) is 33.8. The van der Waals surface area contributed by atoms with Gasteiger partial charge in [-0.25, -0.2) is 9.78 Å². The molecule has 0 unspecified atom stereocenters. The van der Waals surface area contributed by atoms with E-state index in [9.17, 15) is 14.7 Å². The van der Waals surface area contributed by atoms with Gasteiger partial charge in [0.1, 0.15) is 20.9 Å². The lowest BCUT2D eigenvalue weighted by molar-refractivity contribution is 0.0699. The summed E-state index contributed by atoms with van der Waals surface area (Å²) < 4.78 is 0. The van der Waals surface area contributed by atoms with Crippen molar-refractivity contribution >= 4 is 61.5 Å². The van der Waals surface area contributed by atoms with E-state index in [1.54, 1.807) is 48.1 Å². The summed E-state index contributed by atoms with van der Waals surface area (Å²) in [5.74, 6) is -1.51. The van der Waals surface area contributed by atoms with Crippen molar-refractivity contribution < 1.29 is 14.7 Å². The van der Waals surface area contributed by atoms with Crippen molar-refractivity contribution in [1.29, 1.82) is 0 Å². The Kier molecular flexibility index (Phi) is 4.61. The molecule has 134 valence electrons. The molecule has 0 bridgehead atoms. The Morgan fingerprint density at radius 3 is 2.56 bits per heavy atom. The van der Waals surface area contributed by atoms with Crippen molar-refractivity contribution in [3.05, 3.63) is 63.6 Å². The van der Waals surface area contributed by atoms with E-state index in [2.05, 4.69) is 15.3 Å². The predicted molar refractivity (Wildman–Crippen MR) is 107 cm³/mol. The average Bonchev–Trinajstić information content (AvgIpc) is 3.26. The minimum atomic E-state index is -1.11. The summed E-state index contributed by atoms with van der Waals surface area (Å²) >= 11 is 8.26. The van der Waals surface area contributed by atoms with Crippen molar-refractivity contribution in [3.63, 3.8) is 0 Å². The molecule has 2 N–H and O–H groups in total. The molecule has 1 aromatic carbocycles. The lowest BCUT2D eigenvalue weighted by atomic mass is 10.0. The highest BCUT2D eigenvalue weighted by Gasteiger charge is 2.22. The smallest absolute Gasteiger partial charge is 0.339 e. The standard InChI is InChI=1S/C18H10ClN3O3S2/c19-10-3-1-9(2-4-10)11-8-26-17(14(11)18(24)25)22-15(23)13-7-12-16(27-13)21-6-5-20-12/h1-8H,(H,22,23)(H,24,25). The number of amides is 1. The lowest BCUT2D eigenvalue weighted by Gasteiger charge is -2.05. The number of thiophene rings is 2. The number of rotatable bonds is 4. The predicted octanol–water partition coefficient (Wildman–Crippen LogP) is 5.02. The third-order valence-corrected chi connectivity index (χ3v) is 5.96. The van der Waals surface area contributed by atoms with Crippen molar-refractivity contribution in [1.82, 2.24) is 9.97 Å². The van der Waals surface area contributed by atoms with Crippen LogP contribution in [0, 0.1) is 0 Å². The number of carboxylic acids is 1. The first-order valence-electron chi connectivity index (χ1n) is 7.65. The summed E-state index contributed by atoms with van der Waals surface area (Å²) in [5, 5.41) is 14.9. The number of aromatic carboxylic acids is 1. The fourth-order valence-electron chi connectivity index (χ4n) is 2.55. The van der Waals surface area contributed by atoms with Gasteiger partial charge in [0, 0.05) is 28.4 Å². The second-order valence-corrected chi connectivity index (χ2v) is 7.82. The number of carbonyl (C=O) groups is 2. The number of hydrogen-bond donors (Lipinski definition) is 2. The van der Waals surface area contributed by atoms with Crippen molar-refractivity contribution in [2.24, 2.45) is 0 Å². The first-order chi connectivity index (χ1) is 13.0. The molecule has 9 heteroatoms. The summed E-state index contributed by atoms with van der Waals surface area (Å²) in [5.41, 5.74) is 1.91. The fraction of sp³-hybridized carbons (Fsp3) is 0. The zero-order chi connectivity index (χ0) is 19.0. The molecule has 0 spiro atoms. The molecule has 0 aliphatic carbocycles. The number of halogens is 1. The largest absolute Gasteiger partial charge is 0.478 e. The van der Waals surface area contributed by atoms with Gasteiger partial charge in [-0.2, -0.15) is 0 Å². The maximum atomic E-state index is 12.6. The SMILES string of the molecule is O=C(Nc1scc(-c2ccc(Cl)cc2)c1C(=O)O)c1cc2nccnc2s1. The Hall–Kier alpha value is -2.81. The van der Waals surface area contributed by atoms with Crippen LogP contribution in [0.1, 0.15) is 20.0 Å². The summed E-state index contributed by atoms with van der Waals surface area (Å²) in [6, 6.07) is 8.50. The third-order valence-electron chi connectivity index (χ3n) is 3.78. The second-order valence-electron chi connectivity index (χ2n) is 5.48. The van der Waals surface area contributed by atoms with Crippen LogP contribution in [0.25, 0.3) is 21.5 Å². The molecule has 4 aromatic rings. The molecule has 4 rings (SSSR count). The topological polar surface area (TPSA) is 92.2 Å². The summed E-state index contributed by atoms with van der Waals surface area (Å²) in [6.45, 7) is 0. The molecule has 3 aromatic heterocycles. The first-order valence-corrected chi connectivity index (χ1v) is 9.73. The molecule has 6 nitrogen and oxygen atoms in total. The average molecular weight is 416 g/mol. The maximum absolute atomic E-state index is 12.6. The molecule has 0 atom stereocenters. The number of nitrogens with zero attached hydrogens (tertiary/aromatic N) is 2. The van der Waals surface area contributed by atoms with Crippen LogP contribution in [-0.2, 0) is 0 Å². The van der Waals surface area contributed by atoms with E-state index in [0.717, 1.165) is 11.3 Å². The summed E-state index contributed by atoms with van der Waals surface area (Å²) in [7, 11) is 0. The van der Waals surface area contributed by atoms with Crippen LogP contribution >= 0.6 is 34.3 Å². The molecule has 0 radical (unpaired) electrons. The van der Waals surface area contributed by atoms with E-state index in [4.69, 9.17) is 11.6 Å². The van der Waals surface area contributed by atoms with Crippen LogP contribution in [0.4, 0.5) is 5.00 Å². The van der Waals surface area contributed by atoms with Crippen LogP contribution in [-0.4, -0.2) is 27.0 Å². The number of fused-ring (bicyclic) bond motifs is 1. The Balaban J connectivity index is 1.68. The van der Waals surface area contributed by atoms with E-state index >= 15 is 0 Å². The normalized spacial score (nSPS) is 10.9. The number of carboxylic acid groups (broad SMARTS) is 1. The van der Waals surface area contributed by atoms with Gasteiger partial charge in [0.15, 0.2) is 0 Å². The van der Waals surface area contributed by atoms with Gasteiger partial charge in [0.25, 0.3) is 5.91 Å². The number of anilines is 1. The van der Waals surface area contributed by atoms with E-state index in [0.29, 0.717) is 31.4 Å². The van der Waals surface area contributed by atoms with Crippen LogP contribution in [0.2, 0.25) is 5.02 Å². The van der Waals surface area contributed by atoms with Gasteiger partial charge in [0.05, 0.1) is 4.88 Å². The molecule has 0 fully saturated rings. The van der Waals surface area contributed by atoms with Gasteiger partial charge >= 0.3 is 5.97 Å². The van der Waals surface area contributed by atoms with E-state index < -0.39 is 11.9 Å². The van der Waals surface area contributed by atoms with Crippen molar-refractivity contribution in [2.45, 2.75) is 0 Å². The highest BCUT2D eigenvalue weighted by molar-refractivity contribution is 7.20. The number of carbonyl (C=O) groups excluding carboxylic acids is 1. The molecular weight excluding hydrogens is 406 g/mol. The molecule has 0 saturated carbocycles. The van der Waals surface area contributed by atoms with Crippen molar-refractivity contribution in [2.75, 3.05) is 5.32 Å². The Bertz CT molecular complexity index is 1140. The Morgan fingerprint density at radius 1 is 1.11 bits per heavy atom. The molecule has 0 saturated heterocycles. The molecule has 0 aliphatic rings. The van der Waals surface area contributed by atoms with Gasteiger partial charge in [-0.15, -0.1) is 22.7 Å². The van der Waals surface area contributed by atoms with Crippen LogP contribution in [0.3, 0.4) is 0 Å². The lowest BCUT2D eigenvalue weighted by Crippen LogP contribution is -2.12. The third kappa shape index (κ3) is 3.42. The Morgan fingerprint density at radius 2 is 1.85 bits per heavy atom. The molecule has 1 amide bonds. The zero-order valence-electron chi connectivity index (χ0n) is 13.5. The van der Waals surface area contributed by atoms with E-state index in [-0.39, 0.29) is 10.6 Å². The van der Waals surface area contributed by atoms with Gasteiger partial charge in [0.2, 0.25) is 0 Å². The van der Waals surface area contributed by atoms with Crippen molar-refractivity contribution in [3.8, 4) is 11.1 Å². The van der Waals surface area contributed by atoms with Crippen LogP contribution in [0.15, 0.2) is 48.1 Å². The summed E-state index contributed by atoms with van der Waals surface area (Å²) in [6.07, 6.45) is 3.11. The molecule has 3 heterocycles. The van der Waals surface area contributed by atoms with Gasteiger partial charge in [-0.05, 0) is 23.8 Å². The minimum Gasteiger partial charge on any atom is -0.478 e. The van der Waals surface area contributed by atoms with Crippen LogP contribution in [0.5, 0.6) is 0 Å². The number of hydrogen-bond acceptors (Lipinski definition) is 6. The maximum Gasteiger partial charge on any atom is 0.339 e.